The number of imidazole rings is 1. The van der Waals surface area contributed by atoms with Gasteiger partial charge in [-0.05, 0) is 69.0 Å². The Morgan fingerprint density at radius 2 is 1.97 bits per heavy atom. The molecule has 0 saturated carbocycles. The minimum absolute atomic E-state index is 0.291. The zero-order valence-corrected chi connectivity index (χ0v) is 19.5. The molecular weight excluding hydrogens is 408 g/mol. The van der Waals surface area contributed by atoms with Crippen LogP contribution in [0.2, 0.25) is 0 Å². The second-order valence-electron chi connectivity index (χ2n) is 8.99. The van der Waals surface area contributed by atoms with Crippen LogP contribution in [0.3, 0.4) is 0 Å². The molecule has 6 heteroatoms. The van der Waals surface area contributed by atoms with Gasteiger partial charge in [0.2, 0.25) is 0 Å². The Labute approximate surface area is 196 Å². The minimum Gasteiger partial charge on any atom is -0.357 e. The molecule has 170 valence electrons. The topological polar surface area (TPSA) is 50.1 Å². The van der Waals surface area contributed by atoms with Crippen molar-refractivity contribution in [3.05, 3.63) is 72.6 Å². The van der Waals surface area contributed by atoms with Crippen LogP contribution in [-0.4, -0.2) is 44.6 Å². The largest absolute Gasteiger partial charge is 0.357 e. The fourth-order valence-electron chi connectivity index (χ4n) is 5.26. The molecule has 1 atom stereocenters. The molecule has 1 saturated heterocycles. The molecule has 33 heavy (non-hydrogen) atoms. The number of rotatable bonds is 7. The number of hydrogen-bond acceptors (Lipinski definition) is 5. The molecule has 1 fully saturated rings. The molecule has 0 unspecified atom stereocenters. The van der Waals surface area contributed by atoms with Gasteiger partial charge in [0.05, 0.1) is 23.1 Å². The van der Waals surface area contributed by atoms with E-state index < -0.39 is 0 Å². The summed E-state index contributed by atoms with van der Waals surface area (Å²) in [4.78, 5) is 19.2. The SMILES string of the molecule is C=Cc1nc(CN(C)[C@H]2CCCc3cccnc32)c(-c2ccc(N3CCCC3)nc2)n1C=C. The predicted molar refractivity (Wildman–Crippen MR) is 135 cm³/mol. The maximum absolute atomic E-state index is 4.94. The molecule has 0 radical (unpaired) electrons. The molecule has 5 rings (SSSR count). The zero-order chi connectivity index (χ0) is 22.8. The summed E-state index contributed by atoms with van der Waals surface area (Å²) < 4.78 is 2.02. The van der Waals surface area contributed by atoms with Crippen molar-refractivity contribution in [1.82, 2.24) is 24.4 Å². The Kier molecular flexibility index (Phi) is 6.09. The number of aromatic nitrogens is 4. The Hall–Kier alpha value is -3.25. The van der Waals surface area contributed by atoms with Crippen LogP contribution >= 0.6 is 0 Å². The van der Waals surface area contributed by atoms with Crippen molar-refractivity contribution < 1.29 is 0 Å². The lowest BCUT2D eigenvalue weighted by molar-refractivity contribution is 0.207. The third-order valence-corrected chi connectivity index (χ3v) is 6.92. The van der Waals surface area contributed by atoms with E-state index in [0.29, 0.717) is 12.6 Å². The summed E-state index contributed by atoms with van der Waals surface area (Å²) >= 11 is 0. The van der Waals surface area contributed by atoms with Gasteiger partial charge in [0.15, 0.2) is 0 Å². The number of hydrogen-bond donors (Lipinski definition) is 0. The smallest absolute Gasteiger partial charge is 0.136 e. The molecule has 3 aromatic rings. The lowest BCUT2D eigenvalue weighted by atomic mass is 9.91. The Bertz CT molecular complexity index is 1140. The van der Waals surface area contributed by atoms with Crippen LogP contribution in [0.25, 0.3) is 23.5 Å². The van der Waals surface area contributed by atoms with E-state index in [0.717, 1.165) is 54.5 Å². The van der Waals surface area contributed by atoms with Gasteiger partial charge in [0.25, 0.3) is 0 Å². The highest BCUT2D eigenvalue weighted by Crippen LogP contribution is 2.35. The number of aryl methyl sites for hydroxylation is 1. The molecular formula is C27H32N6. The summed E-state index contributed by atoms with van der Waals surface area (Å²) in [5, 5.41) is 0. The average molecular weight is 441 g/mol. The van der Waals surface area contributed by atoms with Crippen molar-refractivity contribution in [2.24, 2.45) is 0 Å². The maximum atomic E-state index is 4.94. The van der Waals surface area contributed by atoms with Gasteiger partial charge in [-0.1, -0.05) is 19.2 Å². The molecule has 4 heterocycles. The van der Waals surface area contributed by atoms with Crippen LogP contribution < -0.4 is 4.90 Å². The maximum Gasteiger partial charge on any atom is 0.136 e. The molecule has 1 aliphatic heterocycles. The number of anilines is 1. The molecule has 1 aliphatic carbocycles. The highest BCUT2D eigenvalue weighted by atomic mass is 15.2. The molecule has 6 nitrogen and oxygen atoms in total. The molecule has 0 bridgehead atoms. The van der Waals surface area contributed by atoms with Crippen molar-refractivity contribution >= 4 is 18.1 Å². The predicted octanol–water partition coefficient (Wildman–Crippen LogP) is 5.19. The zero-order valence-electron chi connectivity index (χ0n) is 19.5. The first-order chi connectivity index (χ1) is 16.2. The van der Waals surface area contributed by atoms with Gasteiger partial charge in [0, 0.05) is 43.8 Å². The highest BCUT2D eigenvalue weighted by Gasteiger charge is 2.27. The average Bonchev–Trinajstić information content (AvgIpc) is 3.52. The lowest BCUT2D eigenvalue weighted by Crippen LogP contribution is -2.28. The van der Waals surface area contributed by atoms with E-state index in [1.807, 2.05) is 29.2 Å². The van der Waals surface area contributed by atoms with Crippen LogP contribution in [0.5, 0.6) is 0 Å². The van der Waals surface area contributed by atoms with Crippen LogP contribution in [0.15, 0.2) is 49.8 Å². The van der Waals surface area contributed by atoms with Gasteiger partial charge in [0.1, 0.15) is 11.6 Å². The number of nitrogens with zero attached hydrogens (tertiary/aromatic N) is 6. The fourth-order valence-corrected chi connectivity index (χ4v) is 5.26. The van der Waals surface area contributed by atoms with Crippen LogP contribution in [0.1, 0.15) is 54.5 Å². The van der Waals surface area contributed by atoms with Crippen LogP contribution in [0, 0.1) is 0 Å². The summed E-state index contributed by atoms with van der Waals surface area (Å²) in [7, 11) is 2.17. The Balaban J connectivity index is 1.48. The highest BCUT2D eigenvalue weighted by molar-refractivity contribution is 5.68. The summed E-state index contributed by atoms with van der Waals surface area (Å²) in [5.41, 5.74) is 5.65. The van der Waals surface area contributed by atoms with E-state index in [9.17, 15) is 0 Å². The van der Waals surface area contributed by atoms with Gasteiger partial charge >= 0.3 is 0 Å². The van der Waals surface area contributed by atoms with Crippen LogP contribution in [-0.2, 0) is 13.0 Å². The summed E-state index contributed by atoms with van der Waals surface area (Å²) in [6.07, 6.45) is 13.4. The number of fused-ring (bicyclic) bond motifs is 1. The van der Waals surface area contributed by atoms with Gasteiger partial charge in [-0.15, -0.1) is 0 Å². The van der Waals surface area contributed by atoms with Gasteiger partial charge in [-0.25, -0.2) is 9.97 Å². The first kappa shape index (κ1) is 21.6. The Morgan fingerprint density at radius 1 is 1.12 bits per heavy atom. The first-order valence-electron chi connectivity index (χ1n) is 11.9. The van der Waals surface area contributed by atoms with Gasteiger partial charge in [-0.3, -0.25) is 14.5 Å². The Morgan fingerprint density at radius 3 is 2.70 bits per heavy atom. The van der Waals surface area contributed by atoms with Gasteiger partial charge in [-0.2, -0.15) is 0 Å². The second-order valence-corrected chi connectivity index (χ2v) is 8.99. The summed E-state index contributed by atoms with van der Waals surface area (Å²) in [5.74, 6) is 1.85. The van der Waals surface area contributed by atoms with Crippen molar-refractivity contribution in [2.45, 2.75) is 44.7 Å². The van der Waals surface area contributed by atoms with Crippen molar-refractivity contribution in [1.29, 1.82) is 0 Å². The van der Waals surface area contributed by atoms with E-state index in [-0.39, 0.29) is 0 Å². The van der Waals surface area contributed by atoms with Crippen molar-refractivity contribution in [2.75, 3.05) is 25.0 Å². The van der Waals surface area contributed by atoms with Crippen molar-refractivity contribution in [3.63, 3.8) is 0 Å². The lowest BCUT2D eigenvalue weighted by Gasteiger charge is -2.32. The molecule has 3 aromatic heterocycles. The van der Waals surface area contributed by atoms with E-state index in [1.54, 1.807) is 6.08 Å². The van der Waals surface area contributed by atoms with E-state index >= 15 is 0 Å². The molecule has 0 aromatic carbocycles. The summed E-state index contributed by atoms with van der Waals surface area (Å²) in [6, 6.07) is 8.83. The standard InChI is InChI=1S/C27H32N6/c1-4-24-30-22(19-31(3)23-12-8-10-20-11-9-15-28-26(20)23)27(33(24)5-2)21-13-14-25(29-18-21)32-16-6-7-17-32/h4-5,9,11,13-15,18,23H,1-2,6-8,10,12,16-17,19H2,3H3/t23-/m0/s1. The monoisotopic (exact) mass is 440 g/mol. The summed E-state index contributed by atoms with van der Waals surface area (Å²) in [6.45, 7) is 10.9. The second kappa shape index (κ2) is 9.32. The fraction of sp³-hybridized carbons (Fsp3) is 0.370. The molecule has 0 N–H and O–H groups in total. The van der Waals surface area contributed by atoms with Crippen LogP contribution in [0.4, 0.5) is 5.82 Å². The van der Waals surface area contributed by atoms with Crippen molar-refractivity contribution in [3.8, 4) is 11.3 Å². The third-order valence-electron chi connectivity index (χ3n) is 6.92. The normalized spacial score (nSPS) is 17.9. The quantitative estimate of drug-likeness (QED) is 0.506. The molecule has 0 amide bonds. The van der Waals surface area contributed by atoms with E-state index in [4.69, 9.17) is 15.0 Å². The van der Waals surface area contributed by atoms with Gasteiger partial charge < -0.3 is 4.90 Å². The molecule has 0 spiro atoms. The van der Waals surface area contributed by atoms with E-state index in [2.05, 4.69) is 48.2 Å². The first-order valence-corrected chi connectivity index (χ1v) is 11.9. The third kappa shape index (κ3) is 4.11. The number of pyridine rings is 2. The minimum atomic E-state index is 0.291. The molecule has 2 aliphatic rings. The van der Waals surface area contributed by atoms with E-state index in [1.165, 1.54) is 30.5 Å².